The molecule has 0 aliphatic rings. The van der Waals surface area contributed by atoms with Gasteiger partial charge in [-0.2, -0.15) is 9.97 Å². The number of aryl methyl sites for hydroxylation is 1. The van der Waals surface area contributed by atoms with E-state index in [1.165, 1.54) is 20.3 Å². The first-order valence-corrected chi connectivity index (χ1v) is 8.46. The fourth-order valence-electron chi connectivity index (χ4n) is 2.38. The van der Waals surface area contributed by atoms with E-state index in [-0.39, 0.29) is 23.7 Å². The minimum absolute atomic E-state index is 0.00307. The van der Waals surface area contributed by atoms with Gasteiger partial charge in [0.15, 0.2) is 0 Å². The topological polar surface area (TPSA) is 94.6 Å². The van der Waals surface area contributed by atoms with Crippen molar-refractivity contribution in [1.29, 1.82) is 0 Å². The van der Waals surface area contributed by atoms with Gasteiger partial charge in [0.25, 0.3) is 5.91 Å². The van der Waals surface area contributed by atoms with Crippen LogP contribution in [0.2, 0.25) is 0 Å². The molecule has 1 heterocycles. The maximum absolute atomic E-state index is 12.6. The molecule has 0 bridgehead atoms. The van der Waals surface area contributed by atoms with Crippen molar-refractivity contribution in [2.24, 2.45) is 0 Å². The number of rotatable bonds is 7. The summed E-state index contributed by atoms with van der Waals surface area (Å²) < 4.78 is 15.9. The Labute approximate surface area is 162 Å². The standard InChI is InChI=1S/C20H20N4O4/c1-13-8-4-6-10-15(13)23-24-19(25)14-9-5-7-11-16(14)28-20-21-17(26-2)12-18(22-20)27-3/h4-12,23H,1-3H3,(H,24,25). The SMILES string of the molecule is COc1cc(OC)nc(Oc2ccccc2C(=O)NNc2ccccc2C)n1. The number of nitrogens with one attached hydrogen (secondary N) is 2. The average Bonchev–Trinajstić information content (AvgIpc) is 2.73. The van der Waals surface area contributed by atoms with Crippen molar-refractivity contribution in [1.82, 2.24) is 15.4 Å². The number of carbonyl (C=O) groups excluding carboxylic acids is 1. The Morgan fingerprint density at radius 2 is 1.57 bits per heavy atom. The van der Waals surface area contributed by atoms with E-state index < -0.39 is 0 Å². The maximum atomic E-state index is 12.6. The number of hydrogen-bond donors (Lipinski definition) is 2. The lowest BCUT2D eigenvalue weighted by atomic mass is 10.2. The van der Waals surface area contributed by atoms with Gasteiger partial charge in [-0.15, -0.1) is 0 Å². The van der Waals surface area contributed by atoms with Gasteiger partial charge in [0.2, 0.25) is 11.8 Å². The molecule has 3 rings (SSSR count). The Hall–Kier alpha value is -3.81. The molecule has 0 unspecified atom stereocenters. The van der Waals surface area contributed by atoms with Gasteiger partial charge in [-0.25, -0.2) is 0 Å². The third-order valence-corrected chi connectivity index (χ3v) is 3.87. The molecule has 0 saturated carbocycles. The molecule has 2 aromatic carbocycles. The first-order valence-electron chi connectivity index (χ1n) is 8.46. The molecule has 0 spiro atoms. The minimum Gasteiger partial charge on any atom is -0.481 e. The lowest BCUT2D eigenvalue weighted by Crippen LogP contribution is -2.30. The predicted molar refractivity (Wildman–Crippen MR) is 104 cm³/mol. The van der Waals surface area contributed by atoms with Crippen molar-refractivity contribution >= 4 is 11.6 Å². The zero-order chi connectivity index (χ0) is 19.9. The van der Waals surface area contributed by atoms with E-state index in [2.05, 4.69) is 20.8 Å². The van der Waals surface area contributed by atoms with Gasteiger partial charge < -0.3 is 14.2 Å². The summed E-state index contributed by atoms with van der Waals surface area (Å²) in [6.45, 7) is 1.94. The van der Waals surface area contributed by atoms with Gasteiger partial charge in [0.1, 0.15) is 5.75 Å². The van der Waals surface area contributed by atoms with Gasteiger partial charge in [-0.3, -0.25) is 15.6 Å². The van der Waals surface area contributed by atoms with Crippen LogP contribution < -0.4 is 25.1 Å². The molecule has 144 valence electrons. The lowest BCUT2D eigenvalue weighted by molar-refractivity contribution is 0.0960. The fourth-order valence-corrected chi connectivity index (χ4v) is 2.38. The zero-order valence-corrected chi connectivity index (χ0v) is 15.7. The van der Waals surface area contributed by atoms with Gasteiger partial charge in [-0.1, -0.05) is 30.3 Å². The second-order valence-electron chi connectivity index (χ2n) is 5.73. The van der Waals surface area contributed by atoms with Gasteiger partial charge >= 0.3 is 6.01 Å². The zero-order valence-electron chi connectivity index (χ0n) is 15.7. The van der Waals surface area contributed by atoms with Crippen LogP contribution in [-0.4, -0.2) is 30.1 Å². The van der Waals surface area contributed by atoms with E-state index in [1.54, 1.807) is 24.3 Å². The van der Waals surface area contributed by atoms with Crippen molar-refractivity contribution in [3.63, 3.8) is 0 Å². The summed E-state index contributed by atoms with van der Waals surface area (Å²) in [4.78, 5) is 20.9. The second-order valence-corrected chi connectivity index (χ2v) is 5.73. The Balaban J connectivity index is 1.79. The molecule has 0 aliphatic carbocycles. The van der Waals surface area contributed by atoms with Crippen LogP contribution in [0.25, 0.3) is 0 Å². The summed E-state index contributed by atoms with van der Waals surface area (Å²) in [6.07, 6.45) is 0. The first kappa shape index (κ1) is 19.0. The van der Waals surface area contributed by atoms with Crippen molar-refractivity contribution in [3.8, 4) is 23.5 Å². The van der Waals surface area contributed by atoms with Crippen LogP contribution in [0.1, 0.15) is 15.9 Å². The number of amides is 1. The largest absolute Gasteiger partial charge is 0.481 e. The molecule has 2 N–H and O–H groups in total. The van der Waals surface area contributed by atoms with E-state index in [4.69, 9.17) is 14.2 Å². The highest BCUT2D eigenvalue weighted by atomic mass is 16.5. The Morgan fingerprint density at radius 1 is 0.929 bits per heavy atom. The number of hydrogen-bond acceptors (Lipinski definition) is 7. The van der Waals surface area contributed by atoms with E-state index in [0.29, 0.717) is 11.3 Å². The number of benzene rings is 2. The van der Waals surface area contributed by atoms with Crippen molar-refractivity contribution in [2.45, 2.75) is 6.92 Å². The summed E-state index contributed by atoms with van der Waals surface area (Å²) in [5.41, 5.74) is 7.70. The van der Waals surface area contributed by atoms with Gasteiger partial charge in [-0.05, 0) is 30.7 Å². The number of para-hydroxylation sites is 2. The molecule has 8 heteroatoms. The van der Waals surface area contributed by atoms with Crippen molar-refractivity contribution in [2.75, 3.05) is 19.6 Å². The second kappa shape index (κ2) is 8.72. The Bertz CT molecular complexity index is 956. The van der Waals surface area contributed by atoms with E-state index in [9.17, 15) is 4.79 Å². The van der Waals surface area contributed by atoms with Crippen LogP contribution in [0, 0.1) is 6.92 Å². The molecule has 28 heavy (non-hydrogen) atoms. The number of ether oxygens (including phenoxy) is 3. The number of hydrazine groups is 1. The van der Waals surface area contributed by atoms with Crippen LogP contribution in [0.4, 0.5) is 5.69 Å². The minimum atomic E-state index is -0.367. The Morgan fingerprint density at radius 3 is 2.25 bits per heavy atom. The fraction of sp³-hybridized carbons (Fsp3) is 0.150. The number of carbonyl (C=O) groups is 1. The number of aromatic nitrogens is 2. The number of anilines is 1. The summed E-state index contributed by atoms with van der Waals surface area (Å²) in [5, 5.41) is 0. The molecule has 0 saturated heterocycles. The van der Waals surface area contributed by atoms with Crippen LogP contribution in [0.5, 0.6) is 23.5 Å². The molecule has 1 amide bonds. The first-order chi connectivity index (χ1) is 13.6. The Kier molecular flexibility index (Phi) is 5.91. The maximum Gasteiger partial charge on any atom is 0.328 e. The molecule has 0 aliphatic heterocycles. The third-order valence-electron chi connectivity index (χ3n) is 3.87. The smallest absolute Gasteiger partial charge is 0.328 e. The summed E-state index contributed by atoms with van der Waals surface area (Å²) in [7, 11) is 2.95. The summed E-state index contributed by atoms with van der Waals surface area (Å²) in [6, 6.07) is 15.9. The number of nitrogens with zero attached hydrogens (tertiary/aromatic N) is 2. The highest BCUT2D eigenvalue weighted by Gasteiger charge is 2.15. The lowest BCUT2D eigenvalue weighted by Gasteiger charge is -2.13. The molecular weight excluding hydrogens is 360 g/mol. The van der Waals surface area contributed by atoms with Gasteiger partial charge in [0, 0.05) is 0 Å². The highest BCUT2D eigenvalue weighted by Crippen LogP contribution is 2.26. The molecule has 0 radical (unpaired) electrons. The predicted octanol–water partition coefficient (Wildman–Crippen LogP) is 3.35. The normalized spacial score (nSPS) is 10.1. The molecule has 0 atom stereocenters. The summed E-state index contributed by atoms with van der Waals surface area (Å²) in [5.74, 6) is 0.491. The number of methoxy groups -OCH3 is 2. The van der Waals surface area contributed by atoms with Crippen LogP contribution in [0.15, 0.2) is 54.6 Å². The molecule has 3 aromatic rings. The van der Waals surface area contributed by atoms with Crippen LogP contribution in [0.3, 0.4) is 0 Å². The van der Waals surface area contributed by atoms with E-state index in [1.807, 2.05) is 31.2 Å². The van der Waals surface area contributed by atoms with Gasteiger partial charge in [0.05, 0.1) is 31.5 Å². The monoisotopic (exact) mass is 380 g/mol. The van der Waals surface area contributed by atoms with E-state index in [0.717, 1.165) is 11.3 Å². The van der Waals surface area contributed by atoms with Crippen molar-refractivity contribution in [3.05, 3.63) is 65.7 Å². The van der Waals surface area contributed by atoms with E-state index >= 15 is 0 Å². The highest BCUT2D eigenvalue weighted by molar-refractivity contribution is 5.97. The third kappa shape index (κ3) is 4.47. The van der Waals surface area contributed by atoms with Crippen LogP contribution in [-0.2, 0) is 0 Å². The molecule has 8 nitrogen and oxygen atoms in total. The van der Waals surface area contributed by atoms with Crippen molar-refractivity contribution < 1.29 is 19.0 Å². The molecule has 0 fully saturated rings. The molecular formula is C20H20N4O4. The van der Waals surface area contributed by atoms with Crippen LogP contribution >= 0.6 is 0 Å². The summed E-state index contributed by atoms with van der Waals surface area (Å²) >= 11 is 0. The average molecular weight is 380 g/mol. The quantitative estimate of drug-likeness (QED) is 0.607. The molecule has 1 aromatic heterocycles.